The summed E-state index contributed by atoms with van der Waals surface area (Å²) in [6.07, 6.45) is 3.48. The summed E-state index contributed by atoms with van der Waals surface area (Å²) in [6.45, 7) is 0.409. The van der Waals surface area contributed by atoms with E-state index < -0.39 is 13.4 Å². The lowest BCUT2D eigenvalue weighted by molar-refractivity contribution is -0.751. The van der Waals surface area contributed by atoms with Gasteiger partial charge in [-0.2, -0.15) is 0 Å². The van der Waals surface area contributed by atoms with Crippen LogP contribution in [0.5, 0.6) is 0 Å². The highest BCUT2D eigenvalue weighted by Gasteiger charge is 2.18. The Bertz CT molecular complexity index is 806. The first-order valence-electron chi connectivity index (χ1n) is 7.45. The highest BCUT2D eigenvalue weighted by molar-refractivity contribution is 8.08. The van der Waals surface area contributed by atoms with Crippen molar-refractivity contribution < 1.29 is 23.6 Å². The molecule has 1 aromatic carbocycles. The van der Waals surface area contributed by atoms with Gasteiger partial charge in [-0.15, -0.1) is 0 Å². The number of fused-ring (bicyclic) bond motifs is 1. The number of nitrogens with zero attached hydrogens (tertiary/aromatic N) is 2. The Morgan fingerprint density at radius 1 is 1.08 bits per heavy atom. The molecule has 0 radical (unpaired) electrons. The molecule has 0 fully saturated rings. The Hall–Kier alpha value is -0.480. The first kappa shape index (κ1) is 19.8. The zero-order chi connectivity index (χ0) is 17.8. The van der Waals surface area contributed by atoms with E-state index in [4.69, 9.17) is 32.3 Å². The van der Waals surface area contributed by atoms with E-state index in [2.05, 4.69) is 5.10 Å². The summed E-state index contributed by atoms with van der Waals surface area (Å²) in [4.78, 5) is 17.9. The third kappa shape index (κ3) is 6.79. The second-order valence-corrected chi connectivity index (χ2v) is 12.7. The lowest BCUT2D eigenvalue weighted by Crippen LogP contribution is -2.38. The van der Waals surface area contributed by atoms with Gasteiger partial charge in [0.05, 0.1) is 6.16 Å². The first-order valence-corrected chi connectivity index (χ1v) is 13.0. The van der Waals surface area contributed by atoms with Crippen LogP contribution in [0.15, 0.2) is 30.5 Å². The number of benzene rings is 1. The number of aromatic nitrogens is 2. The Balaban J connectivity index is 2.18. The lowest BCUT2D eigenvalue weighted by Gasteiger charge is -2.06. The van der Waals surface area contributed by atoms with Crippen LogP contribution in [-0.2, 0) is 22.1 Å². The Kier molecular flexibility index (Phi) is 6.83. The van der Waals surface area contributed by atoms with Crippen LogP contribution in [0.25, 0.3) is 10.9 Å². The molecule has 0 saturated heterocycles. The largest absolute Gasteiger partial charge is 0.325 e. The Morgan fingerprint density at radius 2 is 1.79 bits per heavy atom. The minimum Gasteiger partial charge on any atom is -0.324 e. The minimum absolute atomic E-state index is 0.175. The first-order chi connectivity index (χ1) is 11.1. The van der Waals surface area contributed by atoms with Crippen molar-refractivity contribution in [3.63, 3.8) is 0 Å². The molecule has 0 spiro atoms. The topological polar surface area (TPSA) is 91.4 Å². The predicted molar refractivity (Wildman–Crippen MR) is 96.0 cm³/mol. The smallest absolute Gasteiger partial charge is 0.324 e. The van der Waals surface area contributed by atoms with Crippen LogP contribution in [0, 0.1) is 0 Å². The summed E-state index contributed by atoms with van der Waals surface area (Å²) in [5.74, 6) is -3.08. The van der Waals surface area contributed by atoms with Crippen molar-refractivity contribution in [1.29, 1.82) is 0 Å². The van der Waals surface area contributed by atoms with E-state index in [1.54, 1.807) is 4.68 Å². The van der Waals surface area contributed by atoms with Crippen LogP contribution >= 0.6 is 35.9 Å². The van der Waals surface area contributed by atoms with Crippen molar-refractivity contribution >= 4 is 46.8 Å². The molecule has 0 unspecified atom stereocenters. The molecule has 0 bridgehead atoms. The molecule has 0 saturated carbocycles. The van der Waals surface area contributed by atoms with E-state index in [0.717, 1.165) is 16.5 Å². The number of hydrogen-bond donors (Lipinski definition) is 2. The Labute approximate surface area is 149 Å². The van der Waals surface area contributed by atoms with Crippen molar-refractivity contribution in [2.24, 2.45) is 0 Å². The van der Waals surface area contributed by atoms with Crippen LogP contribution in [-0.4, -0.2) is 27.2 Å². The highest BCUT2D eigenvalue weighted by atomic mass is 35.9. The predicted octanol–water partition coefficient (Wildman–Crippen LogP) is 3.69. The number of hydrogen-bond acceptors (Lipinski definition) is 3. The van der Waals surface area contributed by atoms with Gasteiger partial charge in [0.25, 0.3) is 5.85 Å². The van der Waals surface area contributed by atoms with Crippen molar-refractivity contribution in [3.8, 4) is 0 Å². The molecule has 0 aliphatic heterocycles. The summed E-state index contributed by atoms with van der Waals surface area (Å²) >= 11 is 11.2. The van der Waals surface area contributed by atoms with Crippen LogP contribution in [0.1, 0.15) is 18.4 Å². The molecule has 2 aromatic rings. The summed E-state index contributed by atoms with van der Waals surface area (Å²) in [7, 11) is -4.00. The molecule has 132 valence electrons. The van der Waals surface area contributed by atoms with Gasteiger partial charge >= 0.3 is 7.60 Å². The van der Waals surface area contributed by atoms with E-state index in [9.17, 15) is 9.13 Å². The normalized spacial score (nSPS) is 12.7. The average Bonchev–Trinajstić information content (AvgIpc) is 2.44. The standard InChI is InChI=1S/C14H18Cl2N2O4P2/c15-23(16,19)9-3-5-12-11-18(8-4-10-24(20,21)22)17-14-7-2-1-6-13(12)14/h1-2,6-7,11H,3-5,8-10H2,(H-,20,21,22)/p+1. The average molecular weight is 412 g/mol. The molecule has 0 aliphatic carbocycles. The van der Waals surface area contributed by atoms with Gasteiger partial charge in [-0.25, -0.2) is 0 Å². The fourth-order valence-corrected chi connectivity index (χ4v) is 4.25. The monoisotopic (exact) mass is 411 g/mol. The molecule has 6 nitrogen and oxygen atoms in total. The fraction of sp³-hybridized carbons (Fsp3) is 0.429. The molecular weight excluding hydrogens is 393 g/mol. The van der Waals surface area contributed by atoms with Crippen molar-refractivity contribution in [3.05, 3.63) is 36.0 Å². The molecule has 24 heavy (non-hydrogen) atoms. The maximum atomic E-state index is 11.4. The quantitative estimate of drug-likeness (QED) is 0.510. The van der Waals surface area contributed by atoms with E-state index in [1.165, 1.54) is 0 Å². The third-order valence-corrected chi connectivity index (χ3v) is 6.24. The molecule has 0 amide bonds. The zero-order valence-electron chi connectivity index (χ0n) is 12.9. The van der Waals surface area contributed by atoms with Gasteiger partial charge < -0.3 is 9.79 Å². The van der Waals surface area contributed by atoms with Gasteiger partial charge in [0, 0.05) is 28.6 Å². The molecule has 10 heteroatoms. The maximum Gasteiger partial charge on any atom is 0.325 e. The van der Waals surface area contributed by atoms with Gasteiger partial charge in [-0.1, -0.05) is 22.9 Å². The van der Waals surface area contributed by atoms with Crippen LogP contribution in [0.4, 0.5) is 0 Å². The molecular formula is C14H19Cl2N2O4P2+. The molecule has 2 rings (SSSR count). The van der Waals surface area contributed by atoms with E-state index in [-0.39, 0.29) is 12.3 Å². The number of aryl methyl sites for hydroxylation is 2. The van der Waals surface area contributed by atoms with E-state index in [0.29, 0.717) is 25.8 Å². The van der Waals surface area contributed by atoms with Crippen LogP contribution in [0.2, 0.25) is 0 Å². The van der Waals surface area contributed by atoms with Gasteiger partial charge in [0.2, 0.25) is 0 Å². The number of halogens is 2. The van der Waals surface area contributed by atoms with Crippen LogP contribution in [0.3, 0.4) is 0 Å². The second kappa shape index (κ2) is 8.27. The SMILES string of the molecule is O=P(O)(O)CCC[n+]1cc(CCCP(=O)(Cl)Cl)c2ccccc2n1. The molecule has 2 N–H and O–H groups in total. The van der Waals surface area contributed by atoms with Gasteiger partial charge in [0.1, 0.15) is 5.52 Å². The van der Waals surface area contributed by atoms with Crippen molar-refractivity contribution in [2.75, 3.05) is 12.3 Å². The lowest BCUT2D eigenvalue weighted by atomic mass is 10.1. The minimum atomic E-state index is -4.00. The molecule has 1 heterocycles. The Morgan fingerprint density at radius 3 is 2.46 bits per heavy atom. The van der Waals surface area contributed by atoms with Crippen molar-refractivity contribution in [1.82, 2.24) is 5.10 Å². The number of rotatable bonds is 8. The van der Waals surface area contributed by atoms with Crippen molar-refractivity contribution in [2.45, 2.75) is 25.8 Å². The van der Waals surface area contributed by atoms with Gasteiger partial charge in [0.15, 0.2) is 12.7 Å². The summed E-state index contributed by atoms with van der Waals surface area (Å²) < 4.78 is 24.0. The molecule has 0 atom stereocenters. The van der Waals surface area contributed by atoms with Crippen LogP contribution < -0.4 is 4.68 Å². The molecule has 0 aliphatic rings. The maximum absolute atomic E-state index is 11.4. The van der Waals surface area contributed by atoms with E-state index in [1.807, 2.05) is 30.5 Å². The summed E-state index contributed by atoms with van der Waals surface area (Å²) in [6, 6.07) is 7.63. The second-order valence-electron chi connectivity index (χ2n) is 5.57. The van der Waals surface area contributed by atoms with E-state index >= 15 is 0 Å². The summed E-state index contributed by atoms with van der Waals surface area (Å²) in [5.41, 5.74) is 1.81. The highest BCUT2D eigenvalue weighted by Crippen LogP contribution is 2.56. The van der Waals surface area contributed by atoms with Gasteiger partial charge in [-0.05, 0) is 41.4 Å². The molecule has 1 aromatic heterocycles. The third-order valence-electron chi connectivity index (χ3n) is 3.49. The zero-order valence-corrected chi connectivity index (χ0v) is 16.2. The summed E-state index contributed by atoms with van der Waals surface area (Å²) in [5, 5.41) is 5.46. The van der Waals surface area contributed by atoms with Gasteiger partial charge in [-0.3, -0.25) is 9.13 Å². The fourth-order valence-electron chi connectivity index (χ4n) is 2.46.